The number of aromatic nitrogens is 1. The lowest BCUT2D eigenvalue weighted by atomic mass is 9.93. The molecule has 0 aliphatic heterocycles. The standard InChI is InChI=1S/C15H17N3S/c1-15(2,3)13-10-19-14(18-13)9-17-12-6-4-5-11(7-12)8-16/h4-7,10,17H,9H2,1-3H3. The van der Waals surface area contributed by atoms with Gasteiger partial charge in [0.25, 0.3) is 0 Å². The smallest absolute Gasteiger partial charge is 0.112 e. The third-order valence-electron chi connectivity index (χ3n) is 2.76. The second kappa shape index (κ2) is 5.41. The Kier molecular flexibility index (Phi) is 3.87. The van der Waals surface area contributed by atoms with E-state index in [-0.39, 0.29) is 5.41 Å². The molecule has 1 aromatic carbocycles. The molecule has 0 aliphatic carbocycles. The Hall–Kier alpha value is -1.86. The fraction of sp³-hybridized carbons (Fsp3) is 0.333. The van der Waals surface area contributed by atoms with Crippen molar-refractivity contribution in [3.05, 3.63) is 45.9 Å². The second-order valence-electron chi connectivity index (χ2n) is 5.42. The molecule has 0 bridgehead atoms. The van der Waals surface area contributed by atoms with Gasteiger partial charge in [-0.15, -0.1) is 11.3 Å². The highest BCUT2D eigenvalue weighted by molar-refractivity contribution is 7.09. The van der Waals surface area contributed by atoms with Crippen molar-refractivity contribution in [1.82, 2.24) is 4.98 Å². The molecule has 0 fully saturated rings. The van der Waals surface area contributed by atoms with Gasteiger partial charge in [0.2, 0.25) is 0 Å². The van der Waals surface area contributed by atoms with Crippen LogP contribution in [0.1, 0.15) is 37.0 Å². The molecule has 0 saturated carbocycles. The van der Waals surface area contributed by atoms with Crippen molar-refractivity contribution < 1.29 is 0 Å². The molecule has 0 aliphatic rings. The van der Waals surface area contributed by atoms with Gasteiger partial charge in [0.05, 0.1) is 23.9 Å². The van der Waals surface area contributed by atoms with Gasteiger partial charge < -0.3 is 5.32 Å². The Morgan fingerprint density at radius 3 is 2.79 bits per heavy atom. The van der Waals surface area contributed by atoms with Crippen molar-refractivity contribution >= 4 is 17.0 Å². The minimum atomic E-state index is 0.0927. The molecule has 2 aromatic rings. The average Bonchev–Trinajstić information content (AvgIpc) is 2.85. The zero-order valence-electron chi connectivity index (χ0n) is 11.4. The van der Waals surface area contributed by atoms with Crippen molar-refractivity contribution in [3.63, 3.8) is 0 Å². The van der Waals surface area contributed by atoms with Gasteiger partial charge in [-0.2, -0.15) is 5.26 Å². The summed E-state index contributed by atoms with van der Waals surface area (Å²) in [6, 6.07) is 9.62. The molecule has 0 radical (unpaired) electrons. The number of hydrogen-bond donors (Lipinski definition) is 1. The molecular formula is C15H17N3S. The van der Waals surface area contributed by atoms with Crippen molar-refractivity contribution in [1.29, 1.82) is 5.26 Å². The molecule has 1 heterocycles. The van der Waals surface area contributed by atoms with Crippen LogP contribution in [0, 0.1) is 11.3 Å². The highest BCUT2D eigenvalue weighted by Gasteiger charge is 2.17. The predicted molar refractivity (Wildman–Crippen MR) is 79.3 cm³/mol. The Balaban J connectivity index is 2.03. The molecule has 0 spiro atoms. The number of anilines is 1. The molecule has 1 N–H and O–H groups in total. The highest BCUT2D eigenvalue weighted by atomic mass is 32.1. The second-order valence-corrected chi connectivity index (χ2v) is 6.37. The zero-order valence-corrected chi connectivity index (χ0v) is 12.2. The Labute approximate surface area is 117 Å². The summed E-state index contributed by atoms with van der Waals surface area (Å²) in [5.74, 6) is 0. The van der Waals surface area contributed by atoms with Crippen LogP contribution in [0.5, 0.6) is 0 Å². The maximum absolute atomic E-state index is 8.85. The topological polar surface area (TPSA) is 48.7 Å². The largest absolute Gasteiger partial charge is 0.378 e. The van der Waals surface area contributed by atoms with Gasteiger partial charge in [0.15, 0.2) is 0 Å². The van der Waals surface area contributed by atoms with Gasteiger partial charge >= 0.3 is 0 Å². The maximum atomic E-state index is 8.85. The first-order valence-corrected chi connectivity index (χ1v) is 7.06. The van der Waals surface area contributed by atoms with Gasteiger partial charge in [-0.1, -0.05) is 26.8 Å². The molecule has 4 heteroatoms. The zero-order chi connectivity index (χ0) is 13.9. The van der Waals surface area contributed by atoms with E-state index in [1.54, 1.807) is 17.4 Å². The summed E-state index contributed by atoms with van der Waals surface area (Å²) in [5.41, 5.74) is 2.83. The third-order valence-corrected chi connectivity index (χ3v) is 3.60. The Morgan fingerprint density at radius 2 is 2.16 bits per heavy atom. The molecule has 1 aromatic heterocycles. The first-order valence-electron chi connectivity index (χ1n) is 6.18. The number of rotatable bonds is 3. The summed E-state index contributed by atoms with van der Waals surface area (Å²) >= 11 is 1.67. The van der Waals surface area contributed by atoms with Gasteiger partial charge in [-0.25, -0.2) is 4.98 Å². The number of benzene rings is 1. The normalized spacial score (nSPS) is 11.1. The van der Waals surface area contributed by atoms with E-state index in [2.05, 4.69) is 42.5 Å². The van der Waals surface area contributed by atoms with E-state index in [0.29, 0.717) is 12.1 Å². The van der Waals surface area contributed by atoms with Crippen LogP contribution in [0.25, 0.3) is 0 Å². The van der Waals surface area contributed by atoms with E-state index in [9.17, 15) is 0 Å². The lowest BCUT2D eigenvalue weighted by Crippen LogP contribution is -2.11. The quantitative estimate of drug-likeness (QED) is 0.920. The van der Waals surface area contributed by atoms with Gasteiger partial charge in [0, 0.05) is 16.5 Å². The number of thiazole rings is 1. The van der Waals surface area contributed by atoms with Crippen molar-refractivity contribution in [3.8, 4) is 6.07 Å². The first-order chi connectivity index (χ1) is 8.99. The molecular weight excluding hydrogens is 254 g/mol. The average molecular weight is 271 g/mol. The van der Waals surface area contributed by atoms with Gasteiger partial charge in [-0.05, 0) is 18.2 Å². The Bertz CT molecular complexity index is 602. The Morgan fingerprint density at radius 1 is 1.37 bits per heavy atom. The van der Waals surface area contributed by atoms with Crippen LogP contribution >= 0.6 is 11.3 Å². The lowest BCUT2D eigenvalue weighted by Gasteiger charge is -2.14. The number of nitriles is 1. The first kappa shape index (κ1) is 13.6. The number of nitrogens with zero attached hydrogens (tertiary/aromatic N) is 2. The summed E-state index contributed by atoms with van der Waals surface area (Å²) in [5, 5.41) is 15.3. The molecule has 2 rings (SSSR count). The van der Waals surface area contributed by atoms with E-state index in [1.165, 1.54) is 0 Å². The molecule has 3 nitrogen and oxygen atoms in total. The van der Waals surface area contributed by atoms with Gasteiger partial charge in [-0.3, -0.25) is 0 Å². The maximum Gasteiger partial charge on any atom is 0.112 e. The molecule has 0 saturated heterocycles. The van der Waals surface area contributed by atoms with E-state index in [0.717, 1.165) is 16.4 Å². The number of hydrogen-bond acceptors (Lipinski definition) is 4. The molecule has 0 unspecified atom stereocenters. The summed E-state index contributed by atoms with van der Waals surface area (Å²) in [6.45, 7) is 7.18. The van der Waals surface area contributed by atoms with E-state index in [4.69, 9.17) is 5.26 Å². The van der Waals surface area contributed by atoms with Crippen molar-refractivity contribution in [2.45, 2.75) is 32.7 Å². The van der Waals surface area contributed by atoms with E-state index >= 15 is 0 Å². The summed E-state index contributed by atoms with van der Waals surface area (Å²) in [6.07, 6.45) is 0. The molecule has 0 atom stereocenters. The summed E-state index contributed by atoms with van der Waals surface area (Å²) in [7, 11) is 0. The molecule has 0 amide bonds. The van der Waals surface area contributed by atoms with Gasteiger partial charge in [0.1, 0.15) is 5.01 Å². The molecule has 98 valence electrons. The van der Waals surface area contributed by atoms with Crippen LogP contribution < -0.4 is 5.32 Å². The van der Waals surface area contributed by atoms with Crippen LogP contribution in [0.3, 0.4) is 0 Å². The summed E-state index contributed by atoms with van der Waals surface area (Å²) < 4.78 is 0. The SMILES string of the molecule is CC(C)(C)c1csc(CNc2cccc(C#N)c2)n1. The fourth-order valence-corrected chi connectivity index (χ4v) is 2.57. The highest BCUT2D eigenvalue weighted by Crippen LogP contribution is 2.24. The van der Waals surface area contributed by atoms with Crippen LogP contribution in [0.4, 0.5) is 5.69 Å². The summed E-state index contributed by atoms with van der Waals surface area (Å²) in [4.78, 5) is 4.63. The van der Waals surface area contributed by atoms with Crippen molar-refractivity contribution in [2.75, 3.05) is 5.32 Å². The number of nitrogens with one attached hydrogen (secondary N) is 1. The fourth-order valence-electron chi connectivity index (χ4n) is 1.61. The van der Waals surface area contributed by atoms with E-state index in [1.807, 2.05) is 18.2 Å². The minimum Gasteiger partial charge on any atom is -0.378 e. The van der Waals surface area contributed by atoms with Crippen LogP contribution in [0.15, 0.2) is 29.6 Å². The minimum absolute atomic E-state index is 0.0927. The van der Waals surface area contributed by atoms with Crippen LogP contribution in [0.2, 0.25) is 0 Å². The molecule has 19 heavy (non-hydrogen) atoms. The van der Waals surface area contributed by atoms with Crippen LogP contribution in [-0.4, -0.2) is 4.98 Å². The lowest BCUT2D eigenvalue weighted by molar-refractivity contribution is 0.571. The third kappa shape index (κ3) is 3.55. The predicted octanol–water partition coefficient (Wildman–Crippen LogP) is 3.92. The van der Waals surface area contributed by atoms with Crippen molar-refractivity contribution in [2.24, 2.45) is 0 Å². The monoisotopic (exact) mass is 271 g/mol. The van der Waals surface area contributed by atoms with E-state index < -0.39 is 0 Å². The van der Waals surface area contributed by atoms with Crippen LogP contribution in [-0.2, 0) is 12.0 Å².